The third kappa shape index (κ3) is 2.74. The molecule has 0 radical (unpaired) electrons. The minimum atomic E-state index is 0.0400. The number of ether oxygens (including phenoxy) is 1. The van der Waals surface area contributed by atoms with Gasteiger partial charge in [0.1, 0.15) is 0 Å². The molecule has 2 unspecified atom stereocenters. The summed E-state index contributed by atoms with van der Waals surface area (Å²) in [6, 6.07) is 0.0400. The molecule has 0 aromatic rings. The molecule has 0 spiro atoms. The van der Waals surface area contributed by atoms with Gasteiger partial charge in [-0.2, -0.15) is 0 Å². The van der Waals surface area contributed by atoms with Crippen molar-refractivity contribution in [1.29, 1.82) is 0 Å². The molecule has 0 bridgehead atoms. The number of likely N-dealkylation sites (tertiary alicyclic amines) is 1. The Hall–Kier alpha value is -0.610. The summed E-state index contributed by atoms with van der Waals surface area (Å²) in [6.45, 7) is 2.68. The SMILES string of the molecule is CNC1CCCN(CCC2CCCO2)C1=O. The summed E-state index contributed by atoms with van der Waals surface area (Å²) in [5.74, 6) is 0.270. The van der Waals surface area contributed by atoms with E-state index < -0.39 is 0 Å². The molecule has 1 N–H and O–H groups in total. The van der Waals surface area contributed by atoms with Crippen molar-refractivity contribution in [2.45, 2.75) is 44.2 Å². The lowest BCUT2D eigenvalue weighted by atomic mass is 10.0. The molecule has 4 heteroatoms. The highest BCUT2D eigenvalue weighted by Crippen LogP contribution is 2.18. The Bertz CT molecular complexity index is 239. The monoisotopic (exact) mass is 226 g/mol. The van der Waals surface area contributed by atoms with Gasteiger partial charge in [-0.25, -0.2) is 0 Å². The highest BCUT2D eigenvalue weighted by molar-refractivity contribution is 5.82. The van der Waals surface area contributed by atoms with Crippen molar-refractivity contribution in [3.05, 3.63) is 0 Å². The van der Waals surface area contributed by atoms with Gasteiger partial charge in [-0.05, 0) is 39.2 Å². The zero-order valence-corrected chi connectivity index (χ0v) is 10.1. The van der Waals surface area contributed by atoms with Gasteiger partial charge in [0, 0.05) is 19.7 Å². The third-order valence-electron chi connectivity index (χ3n) is 3.62. The maximum absolute atomic E-state index is 12.0. The van der Waals surface area contributed by atoms with Gasteiger partial charge in [-0.3, -0.25) is 4.79 Å². The molecule has 2 saturated heterocycles. The topological polar surface area (TPSA) is 41.6 Å². The number of likely N-dealkylation sites (N-methyl/N-ethyl adjacent to an activating group) is 1. The first-order valence-corrected chi connectivity index (χ1v) is 6.39. The average molecular weight is 226 g/mol. The molecule has 1 amide bonds. The Morgan fingerprint density at radius 1 is 1.44 bits per heavy atom. The van der Waals surface area contributed by atoms with Gasteiger partial charge >= 0.3 is 0 Å². The first-order valence-electron chi connectivity index (χ1n) is 6.39. The molecule has 2 aliphatic heterocycles. The maximum Gasteiger partial charge on any atom is 0.239 e. The molecular weight excluding hydrogens is 204 g/mol. The van der Waals surface area contributed by atoms with E-state index in [4.69, 9.17) is 4.74 Å². The molecule has 2 heterocycles. The Kier molecular flexibility index (Phi) is 4.18. The van der Waals surface area contributed by atoms with Crippen molar-refractivity contribution >= 4 is 5.91 Å². The molecule has 0 aliphatic carbocycles. The zero-order chi connectivity index (χ0) is 11.4. The van der Waals surface area contributed by atoms with Crippen LogP contribution in [0.3, 0.4) is 0 Å². The summed E-state index contributed by atoms with van der Waals surface area (Å²) in [5.41, 5.74) is 0. The van der Waals surface area contributed by atoms with Crippen molar-refractivity contribution < 1.29 is 9.53 Å². The number of nitrogens with one attached hydrogen (secondary N) is 1. The maximum atomic E-state index is 12.0. The lowest BCUT2D eigenvalue weighted by Crippen LogP contribution is -2.50. The van der Waals surface area contributed by atoms with E-state index in [1.165, 1.54) is 6.42 Å². The fraction of sp³-hybridized carbons (Fsp3) is 0.917. The highest BCUT2D eigenvalue weighted by atomic mass is 16.5. The number of carbonyl (C=O) groups is 1. The molecular formula is C12H22N2O2. The van der Waals surface area contributed by atoms with E-state index in [1.54, 1.807) is 0 Å². The number of hydrogen-bond acceptors (Lipinski definition) is 3. The van der Waals surface area contributed by atoms with Crippen LogP contribution in [0.2, 0.25) is 0 Å². The quantitative estimate of drug-likeness (QED) is 0.769. The molecule has 0 saturated carbocycles. The number of hydrogen-bond donors (Lipinski definition) is 1. The normalized spacial score (nSPS) is 31.1. The van der Waals surface area contributed by atoms with Crippen LogP contribution in [0.1, 0.15) is 32.1 Å². The minimum absolute atomic E-state index is 0.0400. The van der Waals surface area contributed by atoms with Gasteiger partial charge in [-0.15, -0.1) is 0 Å². The van der Waals surface area contributed by atoms with E-state index in [2.05, 4.69) is 5.32 Å². The van der Waals surface area contributed by atoms with E-state index in [1.807, 2.05) is 11.9 Å². The molecule has 2 aliphatic rings. The van der Waals surface area contributed by atoms with E-state index in [0.29, 0.717) is 6.10 Å². The molecule has 2 fully saturated rings. The molecule has 2 atom stereocenters. The Morgan fingerprint density at radius 2 is 2.31 bits per heavy atom. The fourth-order valence-corrected chi connectivity index (χ4v) is 2.60. The van der Waals surface area contributed by atoms with Crippen molar-refractivity contribution in [2.75, 3.05) is 26.7 Å². The van der Waals surface area contributed by atoms with Crippen LogP contribution >= 0.6 is 0 Å². The zero-order valence-electron chi connectivity index (χ0n) is 10.1. The summed E-state index contributed by atoms with van der Waals surface area (Å²) in [7, 11) is 1.87. The van der Waals surface area contributed by atoms with Gasteiger partial charge in [0.25, 0.3) is 0 Å². The van der Waals surface area contributed by atoms with Crippen LogP contribution < -0.4 is 5.32 Å². The van der Waals surface area contributed by atoms with Gasteiger partial charge in [0.15, 0.2) is 0 Å². The van der Waals surface area contributed by atoms with Gasteiger partial charge < -0.3 is 15.0 Å². The van der Waals surface area contributed by atoms with Crippen molar-refractivity contribution in [3.63, 3.8) is 0 Å². The largest absolute Gasteiger partial charge is 0.378 e. The summed E-state index contributed by atoms with van der Waals surface area (Å²) in [4.78, 5) is 14.0. The first kappa shape index (κ1) is 11.9. The van der Waals surface area contributed by atoms with Crippen molar-refractivity contribution in [1.82, 2.24) is 10.2 Å². The first-order chi connectivity index (χ1) is 7.81. The second-order valence-electron chi connectivity index (χ2n) is 4.73. The molecule has 16 heavy (non-hydrogen) atoms. The van der Waals surface area contributed by atoms with E-state index >= 15 is 0 Å². The van der Waals surface area contributed by atoms with E-state index in [0.717, 1.165) is 45.4 Å². The van der Waals surface area contributed by atoms with Crippen molar-refractivity contribution in [3.8, 4) is 0 Å². The number of nitrogens with zero attached hydrogens (tertiary/aromatic N) is 1. The van der Waals surface area contributed by atoms with Crippen molar-refractivity contribution in [2.24, 2.45) is 0 Å². The van der Waals surface area contributed by atoms with E-state index in [9.17, 15) is 4.79 Å². The second kappa shape index (κ2) is 5.64. The van der Waals surface area contributed by atoms with Crippen LogP contribution in [-0.2, 0) is 9.53 Å². The molecule has 4 nitrogen and oxygen atoms in total. The molecule has 0 aromatic heterocycles. The van der Waals surface area contributed by atoms with Gasteiger partial charge in [-0.1, -0.05) is 0 Å². The second-order valence-corrected chi connectivity index (χ2v) is 4.73. The van der Waals surface area contributed by atoms with Gasteiger partial charge in [0.2, 0.25) is 5.91 Å². The van der Waals surface area contributed by atoms with Crippen LogP contribution in [0.25, 0.3) is 0 Å². The van der Waals surface area contributed by atoms with Crippen LogP contribution in [-0.4, -0.2) is 49.7 Å². The standard InChI is InChI=1S/C12H22N2O2/c1-13-11-5-2-7-14(12(11)15)8-6-10-4-3-9-16-10/h10-11,13H,2-9H2,1H3. The predicted molar refractivity (Wildman–Crippen MR) is 62.3 cm³/mol. The lowest BCUT2D eigenvalue weighted by Gasteiger charge is -2.32. The van der Waals surface area contributed by atoms with E-state index in [-0.39, 0.29) is 11.9 Å². The van der Waals surface area contributed by atoms with Gasteiger partial charge in [0.05, 0.1) is 12.1 Å². The smallest absolute Gasteiger partial charge is 0.239 e. The van der Waals surface area contributed by atoms with Crippen LogP contribution in [0.5, 0.6) is 0 Å². The number of piperidine rings is 1. The Morgan fingerprint density at radius 3 is 3.00 bits per heavy atom. The fourth-order valence-electron chi connectivity index (χ4n) is 2.60. The molecule has 92 valence electrons. The minimum Gasteiger partial charge on any atom is -0.378 e. The average Bonchev–Trinajstić information content (AvgIpc) is 2.81. The summed E-state index contributed by atoms with van der Waals surface area (Å²) in [6.07, 6.45) is 5.83. The highest BCUT2D eigenvalue weighted by Gasteiger charge is 2.27. The van der Waals surface area contributed by atoms with Crippen LogP contribution in [0.4, 0.5) is 0 Å². The number of rotatable bonds is 4. The summed E-state index contributed by atoms with van der Waals surface area (Å²) < 4.78 is 5.58. The lowest BCUT2D eigenvalue weighted by molar-refractivity contribution is -0.136. The third-order valence-corrected chi connectivity index (χ3v) is 3.62. The summed E-state index contributed by atoms with van der Waals surface area (Å²) >= 11 is 0. The molecule has 0 aromatic carbocycles. The summed E-state index contributed by atoms with van der Waals surface area (Å²) in [5, 5.41) is 3.09. The Labute approximate surface area is 97.3 Å². The van der Waals surface area contributed by atoms with Crippen LogP contribution in [0, 0.1) is 0 Å². The number of amides is 1. The van der Waals surface area contributed by atoms with Crippen LogP contribution in [0.15, 0.2) is 0 Å². The molecule has 2 rings (SSSR count). The Balaban J connectivity index is 1.77. The predicted octanol–water partition coefficient (Wildman–Crippen LogP) is 0.766. The number of carbonyl (C=O) groups excluding carboxylic acids is 1.